The summed E-state index contributed by atoms with van der Waals surface area (Å²) in [6.07, 6.45) is 0.736. The monoisotopic (exact) mass is 443 g/mol. The van der Waals surface area contributed by atoms with Crippen LogP contribution < -0.4 is 5.32 Å². The number of Topliss-reactive ketones (excluding diaryl/α,β-unsaturated/α-hetero) is 1. The van der Waals surface area contributed by atoms with Crippen molar-refractivity contribution in [2.45, 2.75) is 30.7 Å². The highest BCUT2D eigenvalue weighted by Gasteiger charge is 2.21. The molecule has 1 amide bonds. The predicted octanol–water partition coefficient (Wildman–Crippen LogP) is 5.07. The molecule has 32 heavy (non-hydrogen) atoms. The molecule has 0 saturated heterocycles. The summed E-state index contributed by atoms with van der Waals surface area (Å²) in [6, 6.07) is 25.7. The highest BCUT2D eigenvalue weighted by molar-refractivity contribution is 8.00. The minimum absolute atomic E-state index is 0.0378. The molecule has 1 aromatic heterocycles. The minimum atomic E-state index is -0.292. The van der Waals surface area contributed by atoms with Gasteiger partial charge in [-0.15, -0.1) is 0 Å². The van der Waals surface area contributed by atoms with Crippen molar-refractivity contribution in [1.82, 2.24) is 14.9 Å². The number of benzene rings is 3. The number of hydrogen-bond acceptors (Lipinski definition) is 4. The van der Waals surface area contributed by atoms with Gasteiger partial charge in [-0.1, -0.05) is 66.4 Å². The lowest BCUT2D eigenvalue weighted by Crippen LogP contribution is -2.22. The zero-order chi connectivity index (χ0) is 22.5. The van der Waals surface area contributed by atoms with Crippen molar-refractivity contribution in [3.63, 3.8) is 0 Å². The molecule has 0 spiro atoms. The molecule has 3 aromatic carbocycles. The van der Waals surface area contributed by atoms with E-state index in [1.807, 2.05) is 85.8 Å². The molecule has 1 heterocycles. The smallest absolute Gasteiger partial charge is 0.216 e. The van der Waals surface area contributed by atoms with Crippen molar-refractivity contribution < 1.29 is 9.59 Å². The molecule has 1 N–H and O–H groups in total. The van der Waals surface area contributed by atoms with Crippen LogP contribution in [0, 0.1) is 0 Å². The molecule has 0 aliphatic carbocycles. The highest BCUT2D eigenvalue weighted by Crippen LogP contribution is 2.31. The number of imidazole rings is 1. The van der Waals surface area contributed by atoms with Crippen LogP contribution in [0.5, 0.6) is 0 Å². The van der Waals surface area contributed by atoms with Gasteiger partial charge < -0.3 is 5.32 Å². The molecule has 1 atom stereocenters. The van der Waals surface area contributed by atoms with Gasteiger partial charge in [-0.2, -0.15) is 0 Å². The van der Waals surface area contributed by atoms with Crippen molar-refractivity contribution in [2.75, 3.05) is 6.54 Å². The number of nitrogens with zero attached hydrogens (tertiary/aromatic N) is 2. The number of hydrogen-bond donors (Lipinski definition) is 1. The van der Waals surface area contributed by atoms with Crippen molar-refractivity contribution in [1.29, 1.82) is 0 Å². The minimum Gasteiger partial charge on any atom is -0.356 e. The van der Waals surface area contributed by atoms with E-state index in [0.717, 1.165) is 33.9 Å². The fourth-order valence-corrected chi connectivity index (χ4v) is 4.59. The zero-order valence-electron chi connectivity index (χ0n) is 18.1. The second-order valence-electron chi connectivity index (χ2n) is 7.61. The van der Waals surface area contributed by atoms with E-state index in [-0.39, 0.29) is 16.9 Å². The zero-order valence-corrected chi connectivity index (χ0v) is 18.9. The first-order chi connectivity index (χ1) is 15.5. The van der Waals surface area contributed by atoms with Crippen LogP contribution in [0.4, 0.5) is 0 Å². The van der Waals surface area contributed by atoms with Gasteiger partial charge in [0, 0.05) is 24.7 Å². The van der Waals surface area contributed by atoms with Crippen LogP contribution >= 0.6 is 11.8 Å². The lowest BCUT2D eigenvalue weighted by atomic mass is 10.0. The van der Waals surface area contributed by atoms with Crippen LogP contribution in [-0.4, -0.2) is 33.0 Å². The van der Waals surface area contributed by atoms with E-state index in [2.05, 4.69) is 9.88 Å². The molecule has 1 unspecified atom stereocenters. The summed E-state index contributed by atoms with van der Waals surface area (Å²) < 4.78 is 2.11. The first-order valence-electron chi connectivity index (χ1n) is 10.6. The number of nitrogens with one attached hydrogen (secondary N) is 1. The third-order valence-electron chi connectivity index (χ3n) is 5.22. The molecule has 4 aromatic rings. The van der Waals surface area contributed by atoms with Crippen LogP contribution in [0.15, 0.2) is 84.0 Å². The summed E-state index contributed by atoms with van der Waals surface area (Å²) in [5.74, 6) is 0.0271. The second kappa shape index (κ2) is 9.83. The second-order valence-corrected chi connectivity index (χ2v) is 8.92. The number of carbonyl (C=O) groups is 2. The number of fused-ring (bicyclic) bond motifs is 1. The lowest BCUT2D eigenvalue weighted by molar-refractivity contribution is -0.118. The van der Waals surface area contributed by atoms with Gasteiger partial charge in [-0.25, -0.2) is 4.98 Å². The van der Waals surface area contributed by atoms with E-state index in [0.29, 0.717) is 12.1 Å². The van der Waals surface area contributed by atoms with Crippen LogP contribution in [0.1, 0.15) is 29.8 Å². The van der Waals surface area contributed by atoms with Gasteiger partial charge >= 0.3 is 0 Å². The fraction of sp³-hybridized carbons (Fsp3) is 0.192. The van der Waals surface area contributed by atoms with Gasteiger partial charge in [0.25, 0.3) is 0 Å². The summed E-state index contributed by atoms with van der Waals surface area (Å²) >= 11 is 1.47. The van der Waals surface area contributed by atoms with E-state index >= 15 is 0 Å². The summed E-state index contributed by atoms with van der Waals surface area (Å²) in [5.41, 5.74) is 4.70. The number of carbonyl (C=O) groups excluding carboxylic acids is 2. The number of rotatable bonds is 8. The summed E-state index contributed by atoms with van der Waals surface area (Å²) in [5, 5.41) is 3.29. The van der Waals surface area contributed by atoms with E-state index < -0.39 is 0 Å². The molecule has 0 fully saturated rings. The van der Waals surface area contributed by atoms with Crippen LogP contribution in [-0.2, 0) is 11.2 Å². The Morgan fingerprint density at radius 1 is 0.969 bits per heavy atom. The Morgan fingerprint density at radius 2 is 1.66 bits per heavy atom. The number of ketones is 1. The summed E-state index contributed by atoms with van der Waals surface area (Å²) in [6.45, 7) is 4.02. The van der Waals surface area contributed by atoms with Crippen LogP contribution in [0.25, 0.3) is 16.7 Å². The Balaban J connectivity index is 1.53. The number of amides is 1. The van der Waals surface area contributed by atoms with Crippen molar-refractivity contribution in [2.24, 2.45) is 0 Å². The van der Waals surface area contributed by atoms with E-state index in [9.17, 15) is 9.59 Å². The van der Waals surface area contributed by atoms with Crippen molar-refractivity contribution >= 4 is 34.5 Å². The average molecular weight is 444 g/mol. The molecule has 0 radical (unpaired) electrons. The van der Waals surface area contributed by atoms with Crippen LogP contribution in [0.3, 0.4) is 0 Å². The molecular weight excluding hydrogens is 418 g/mol. The molecule has 0 bridgehead atoms. The third-order valence-corrected chi connectivity index (χ3v) is 6.27. The Labute approximate surface area is 191 Å². The van der Waals surface area contributed by atoms with Gasteiger partial charge in [0.2, 0.25) is 5.91 Å². The van der Waals surface area contributed by atoms with Crippen LogP contribution in [0.2, 0.25) is 0 Å². The average Bonchev–Trinajstić information content (AvgIpc) is 3.17. The number of aromatic nitrogens is 2. The van der Waals surface area contributed by atoms with Gasteiger partial charge in [0.15, 0.2) is 10.9 Å². The molecule has 162 valence electrons. The topological polar surface area (TPSA) is 64.0 Å². The number of para-hydroxylation sites is 3. The van der Waals surface area contributed by atoms with E-state index in [1.54, 1.807) is 0 Å². The van der Waals surface area contributed by atoms with Gasteiger partial charge in [-0.3, -0.25) is 14.2 Å². The summed E-state index contributed by atoms with van der Waals surface area (Å²) in [4.78, 5) is 28.9. The van der Waals surface area contributed by atoms with Gasteiger partial charge in [0.05, 0.1) is 16.3 Å². The Kier molecular flexibility index (Phi) is 6.71. The standard InChI is InChI=1S/C26H25N3O2S/c1-18(25(31)21-14-12-20(13-15-21)16-17-27-19(2)30)32-26-28-23-10-6-7-11-24(23)29(26)22-8-4-3-5-9-22/h3-15,18H,16-17H2,1-2H3,(H,27,30). The maximum absolute atomic E-state index is 13.1. The Bertz CT molecular complexity index is 1230. The van der Waals surface area contributed by atoms with Crippen molar-refractivity contribution in [3.05, 3.63) is 90.0 Å². The van der Waals surface area contributed by atoms with E-state index in [1.165, 1.54) is 18.7 Å². The highest BCUT2D eigenvalue weighted by atomic mass is 32.2. The van der Waals surface area contributed by atoms with Crippen molar-refractivity contribution in [3.8, 4) is 5.69 Å². The molecule has 0 aliphatic heterocycles. The van der Waals surface area contributed by atoms with Gasteiger partial charge in [-0.05, 0) is 43.2 Å². The molecule has 5 nitrogen and oxygen atoms in total. The maximum atomic E-state index is 13.1. The normalized spacial score (nSPS) is 11.9. The third kappa shape index (κ3) is 4.92. The molecule has 6 heteroatoms. The van der Waals surface area contributed by atoms with Gasteiger partial charge in [0.1, 0.15) is 0 Å². The SMILES string of the molecule is CC(=O)NCCc1ccc(C(=O)C(C)Sc2nc3ccccc3n2-c2ccccc2)cc1. The summed E-state index contributed by atoms with van der Waals surface area (Å²) in [7, 11) is 0. The quantitative estimate of drug-likeness (QED) is 0.305. The predicted molar refractivity (Wildman–Crippen MR) is 130 cm³/mol. The molecular formula is C26H25N3O2S. The molecule has 0 saturated carbocycles. The maximum Gasteiger partial charge on any atom is 0.216 e. The largest absolute Gasteiger partial charge is 0.356 e. The lowest BCUT2D eigenvalue weighted by Gasteiger charge is -2.13. The first-order valence-corrected chi connectivity index (χ1v) is 11.5. The van der Waals surface area contributed by atoms with E-state index in [4.69, 9.17) is 4.98 Å². The first kappa shape index (κ1) is 21.8. The molecule has 0 aliphatic rings. The Morgan fingerprint density at radius 3 is 2.38 bits per heavy atom. The fourth-order valence-electron chi connectivity index (χ4n) is 3.57. The Hall–Kier alpha value is -3.38. The molecule has 4 rings (SSSR count). The number of thioether (sulfide) groups is 1.